The third-order valence-corrected chi connectivity index (χ3v) is 9.53. The molecule has 17 N–H and O–H groups in total. The zero-order chi connectivity index (χ0) is 28.6. The number of anilines is 1. The van der Waals surface area contributed by atoms with Gasteiger partial charge < -0.3 is 21.3 Å². The number of nitrogen functional groups attached to an aromatic ring is 1. The molecule has 5 atom stereocenters. The van der Waals surface area contributed by atoms with Gasteiger partial charge in [0.25, 0.3) is 0 Å². The van der Waals surface area contributed by atoms with Crippen molar-refractivity contribution in [2.45, 2.75) is 37.7 Å². The summed E-state index contributed by atoms with van der Waals surface area (Å²) in [4.78, 5) is 16.1. The topological polar surface area (TPSA) is 343 Å². The van der Waals surface area contributed by atoms with Crippen LogP contribution >= 0.6 is 23.5 Å². The van der Waals surface area contributed by atoms with Crippen LogP contribution in [0, 0.1) is 11.8 Å². The second kappa shape index (κ2) is 14.1. The van der Waals surface area contributed by atoms with Crippen LogP contribution in [0.3, 0.4) is 0 Å². The van der Waals surface area contributed by atoms with Crippen LogP contribution in [0.2, 0.25) is 0 Å². The van der Waals surface area contributed by atoms with Crippen molar-refractivity contribution in [3.05, 3.63) is 22.2 Å². The first-order chi connectivity index (χ1) is 17.9. The molecular formula is C14H31N8O13P3+4. The monoisotopic (exact) mass is 612 g/mol. The Morgan fingerprint density at radius 3 is 2.29 bits per heavy atom. The van der Waals surface area contributed by atoms with Crippen molar-refractivity contribution < 1.29 is 78.8 Å². The van der Waals surface area contributed by atoms with E-state index in [-0.39, 0.29) is 17.8 Å². The highest BCUT2D eigenvalue weighted by molar-refractivity contribution is 7.67. The van der Waals surface area contributed by atoms with E-state index in [1.807, 2.05) is 0 Å². The molecular weight excluding hydrogens is 581 g/mol. The Morgan fingerprint density at radius 1 is 1.11 bits per heavy atom. The average Bonchev–Trinajstić information content (AvgIpc) is 3.26. The lowest BCUT2D eigenvalue weighted by molar-refractivity contribution is -0.683. The van der Waals surface area contributed by atoms with Gasteiger partial charge in [0.2, 0.25) is 0 Å². The molecule has 2 heterocycles. The van der Waals surface area contributed by atoms with Crippen LogP contribution in [-0.2, 0) is 50.1 Å². The standard InChI is InChI=1S/C14H30N8O13P3/c15-5-3-1-2-4-9-7-22(14(24)21-12(9)16)13-11(23)6-10(29-13)8-28-36(25,30-17)34-38(27,33-20)35-37(26,31-18)32-19/h7,10-11,13,23H,1,3,5-6,8,15H2,17-20H3,(H-,16,21,24)/q+3/p+1/t10-,11+,13+,36?,38?/m0/s1. The number of hydrogen-bond acceptors (Lipinski definition) is 16. The highest BCUT2D eigenvalue weighted by atomic mass is 31.3. The lowest BCUT2D eigenvalue weighted by atomic mass is 10.2. The van der Waals surface area contributed by atoms with Gasteiger partial charge in [0, 0.05) is 19.0 Å². The quantitative estimate of drug-likeness (QED) is 0.0451. The van der Waals surface area contributed by atoms with Crippen molar-refractivity contribution in [2.24, 2.45) is 5.73 Å². The fourth-order valence-electron chi connectivity index (χ4n) is 2.85. The highest BCUT2D eigenvalue weighted by Gasteiger charge is 2.51. The summed E-state index contributed by atoms with van der Waals surface area (Å²) in [6.45, 7) is -0.163. The van der Waals surface area contributed by atoms with Crippen molar-refractivity contribution in [1.82, 2.24) is 9.55 Å². The van der Waals surface area contributed by atoms with Crippen molar-refractivity contribution >= 4 is 29.3 Å². The maximum atomic E-state index is 12.8. The summed E-state index contributed by atoms with van der Waals surface area (Å²) in [5.41, 5.74) is 10.6. The Balaban J connectivity index is 2.14. The second-order valence-corrected chi connectivity index (χ2v) is 12.5. The van der Waals surface area contributed by atoms with Gasteiger partial charge in [-0.1, -0.05) is 30.3 Å². The number of hydrogen-bond donors (Lipinski definition) is 7. The molecule has 2 rings (SSSR count). The van der Waals surface area contributed by atoms with Crippen LogP contribution in [0.5, 0.6) is 0 Å². The molecule has 0 amide bonds. The minimum Gasteiger partial charge on any atom is -0.388 e. The van der Waals surface area contributed by atoms with Gasteiger partial charge in [0.15, 0.2) is 6.23 Å². The van der Waals surface area contributed by atoms with E-state index in [9.17, 15) is 23.6 Å². The van der Waals surface area contributed by atoms with Crippen LogP contribution in [-0.4, -0.2) is 40.0 Å². The number of nitrogens with two attached hydrogens (primary N) is 2. The van der Waals surface area contributed by atoms with E-state index in [0.717, 1.165) is 4.57 Å². The van der Waals surface area contributed by atoms with Crippen LogP contribution < -0.4 is 40.7 Å². The van der Waals surface area contributed by atoms with Gasteiger partial charge in [-0.15, -0.1) is 0 Å². The molecule has 0 aliphatic carbocycles. The molecule has 0 aromatic carbocycles. The van der Waals surface area contributed by atoms with Crippen LogP contribution in [0.15, 0.2) is 11.0 Å². The largest absolute Gasteiger partial charge is 0.576 e. The minimum absolute atomic E-state index is 0.109. The number of aromatic nitrogens is 2. The maximum absolute atomic E-state index is 12.8. The Morgan fingerprint density at radius 2 is 1.71 bits per heavy atom. The van der Waals surface area contributed by atoms with Gasteiger partial charge in [-0.2, -0.15) is 13.6 Å². The summed E-state index contributed by atoms with van der Waals surface area (Å²) in [5.74, 6) is 16.8. The number of rotatable bonds is 14. The average molecular weight is 612 g/mol. The molecule has 0 spiro atoms. The van der Waals surface area contributed by atoms with Crippen molar-refractivity contribution in [1.29, 1.82) is 0 Å². The van der Waals surface area contributed by atoms with E-state index in [0.29, 0.717) is 19.4 Å². The molecule has 216 valence electrons. The lowest BCUT2D eigenvalue weighted by Crippen LogP contribution is -2.54. The SMILES string of the molecule is NCCCC#Cc1cn([C@@H]2O[C@H](COP(=O)(O[NH3+])OP(=O)(O[NH3+])OP(=O)(O[NH3+])O[NH3+])C[C@H]2O)c(=O)nc1N. The van der Waals surface area contributed by atoms with Gasteiger partial charge in [0.1, 0.15) is 11.9 Å². The molecule has 2 unspecified atom stereocenters. The summed E-state index contributed by atoms with van der Waals surface area (Å²) in [6.07, 6.45) is -1.21. The molecule has 1 aliphatic heterocycles. The predicted octanol–water partition coefficient (Wildman–Crippen LogP) is -4.37. The van der Waals surface area contributed by atoms with E-state index in [1.54, 1.807) is 0 Å². The summed E-state index contributed by atoms with van der Waals surface area (Å²) in [6, 6.07) is 0. The summed E-state index contributed by atoms with van der Waals surface area (Å²) < 4.78 is 75.0. The fraction of sp³-hybridized carbons (Fsp3) is 0.571. The third kappa shape index (κ3) is 8.69. The van der Waals surface area contributed by atoms with Crippen molar-refractivity contribution in [3.8, 4) is 11.8 Å². The van der Waals surface area contributed by atoms with Gasteiger partial charge in [-0.3, -0.25) is 9.09 Å². The van der Waals surface area contributed by atoms with Gasteiger partial charge >= 0.3 is 29.2 Å². The number of aliphatic hydroxyl groups is 1. The molecule has 38 heavy (non-hydrogen) atoms. The summed E-state index contributed by atoms with van der Waals surface area (Å²) in [5, 5.41) is 10.5. The van der Waals surface area contributed by atoms with E-state index >= 15 is 0 Å². The normalized spacial score (nSPS) is 22.8. The lowest BCUT2D eigenvalue weighted by Gasteiger charge is -2.20. The summed E-state index contributed by atoms with van der Waals surface area (Å²) >= 11 is 0. The number of quaternary nitrogens is 4. The van der Waals surface area contributed by atoms with Gasteiger partial charge in [-0.25, -0.2) is 42.1 Å². The maximum Gasteiger partial charge on any atom is 0.576 e. The van der Waals surface area contributed by atoms with Crippen LogP contribution in [0.25, 0.3) is 0 Å². The van der Waals surface area contributed by atoms with Gasteiger partial charge in [0.05, 0.1) is 18.3 Å². The van der Waals surface area contributed by atoms with E-state index in [1.165, 1.54) is 6.20 Å². The predicted molar refractivity (Wildman–Crippen MR) is 119 cm³/mol. The first-order valence-corrected chi connectivity index (χ1v) is 14.8. The highest BCUT2D eigenvalue weighted by Crippen LogP contribution is 2.70. The van der Waals surface area contributed by atoms with E-state index < -0.39 is 54.2 Å². The molecule has 0 bridgehead atoms. The van der Waals surface area contributed by atoms with Crippen LogP contribution in [0.4, 0.5) is 5.82 Å². The van der Waals surface area contributed by atoms with Crippen molar-refractivity contribution in [3.63, 3.8) is 0 Å². The number of phosphoric acid groups is 3. The van der Waals surface area contributed by atoms with Crippen molar-refractivity contribution in [2.75, 3.05) is 18.9 Å². The number of nitrogens with zero attached hydrogens (tertiary/aromatic N) is 2. The molecule has 24 heteroatoms. The minimum atomic E-state index is -5.09. The molecule has 21 nitrogen and oxygen atoms in total. The Kier molecular flexibility index (Phi) is 12.1. The molecule has 0 saturated carbocycles. The number of unbranched alkanes of at least 4 members (excludes halogenated alkanes) is 1. The molecule has 1 saturated heterocycles. The van der Waals surface area contributed by atoms with Crippen LogP contribution in [0.1, 0.15) is 31.1 Å². The number of aliphatic hydroxyl groups excluding tert-OH is 1. The van der Waals surface area contributed by atoms with E-state index in [2.05, 4.69) is 67.5 Å². The Bertz CT molecular complexity index is 1210. The smallest absolute Gasteiger partial charge is 0.388 e. The zero-order valence-electron chi connectivity index (χ0n) is 19.9. The zero-order valence-corrected chi connectivity index (χ0v) is 22.6. The first-order valence-electron chi connectivity index (χ1n) is 10.4. The third-order valence-electron chi connectivity index (χ3n) is 4.60. The second-order valence-electron chi connectivity index (χ2n) is 7.19. The first kappa shape index (κ1) is 32.6. The molecule has 1 aromatic heterocycles. The number of ether oxygens (including phenoxy) is 1. The Hall–Kier alpha value is -1.63. The van der Waals surface area contributed by atoms with Gasteiger partial charge in [-0.05, 0) is 13.0 Å². The van der Waals surface area contributed by atoms with E-state index in [4.69, 9.17) is 20.7 Å². The Labute approximate surface area is 214 Å². The summed E-state index contributed by atoms with van der Waals surface area (Å²) in [7, 11) is -14.6. The fourth-order valence-corrected chi connectivity index (χ4v) is 6.82. The molecule has 1 fully saturated rings. The molecule has 1 aliphatic rings. The molecule has 1 aromatic rings. The molecule has 0 radical (unpaired) electrons.